The van der Waals surface area contributed by atoms with Crippen LogP contribution in [0.4, 0.5) is 24.7 Å². The number of amides is 2. The zero-order valence-electron chi connectivity index (χ0n) is 21.5. The molecule has 218 valence electrons. The number of pyridine rings is 1. The van der Waals surface area contributed by atoms with Crippen molar-refractivity contribution in [2.24, 2.45) is 0 Å². The molecule has 2 amide bonds. The topological polar surface area (TPSA) is 136 Å². The van der Waals surface area contributed by atoms with Gasteiger partial charge in [-0.15, -0.1) is 0 Å². The van der Waals surface area contributed by atoms with Crippen molar-refractivity contribution in [1.29, 1.82) is 5.26 Å². The zero-order valence-corrected chi connectivity index (χ0v) is 23.1. The molecule has 2 aromatic carbocycles. The van der Waals surface area contributed by atoms with E-state index >= 15 is 4.39 Å². The van der Waals surface area contributed by atoms with Crippen LogP contribution >= 0.6 is 11.6 Å². The summed E-state index contributed by atoms with van der Waals surface area (Å²) >= 11 is 6.44. The third-order valence-corrected chi connectivity index (χ3v) is 8.71. The lowest BCUT2D eigenvalue weighted by Gasteiger charge is -2.39. The molecule has 0 spiro atoms. The van der Waals surface area contributed by atoms with Crippen molar-refractivity contribution in [2.45, 2.75) is 36.9 Å². The Bertz CT molecular complexity index is 1690. The highest BCUT2D eigenvalue weighted by Gasteiger charge is 2.50. The summed E-state index contributed by atoms with van der Waals surface area (Å²) < 4.78 is 71.6. The van der Waals surface area contributed by atoms with Gasteiger partial charge in [-0.3, -0.25) is 14.5 Å². The molecule has 1 aliphatic carbocycles. The van der Waals surface area contributed by atoms with Gasteiger partial charge in [0, 0.05) is 42.2 Å². The van der Waals surface area contributed by atoms with Crippen LogP contribution in [-0.4, -0.2) is 49.8 Å². The first-order valence-corrected chi connectivity index (χ1v) is 14.4. The summed E-state index contributed by atoms with van der Waals surface area (Å²) in [5.41, 5.74) is -0.279. The van der Waals surface area contributed by atoms with Crippen LogP contribution in [0.15, 0.2) is 66.9 Å². The van der Waals surface area contributed by atoms with Crippen LogP contribution in [0.3, 0.4) is 0 Å². The molecule has 10 nitrogen and oxygen atoms in total. The Kier molecular flexibility index (Phi) is 7.84. The van der Waals surface area contributed by atoms with Crippen LogP contribution in [0, 0.1) is 17.1 Å². The Labute approximate surface area is 243 Å². The van der Waals surface area contributed by atoms with Gasteiger partial charge >= 0.3 is 10.2 Å². The number of para-hydroxylation sites is 1. The van der Waals surface area contributed by atoms with Crippen LogP contribution in [0.2, 0.25) is 5.02 Å². The number of rotatable bonds is 7. The molecule has 0 bridgehead atoms. The molecule has 42 heavy (non-hydrogen) atoms. The molecule has 0 radical (unpaired) electrons. The summed E-state index contributed by atoms with van der Waals surface area (Å²) in [7, 11) is -4.37. The molecule has 1 aromatic heterocycles. The second-order valence-corrected chi connectivity index (χ2v) is 11.8. The number of nitrogens with zero attached hydrogens (tertiary/aromatic N) is 4. The minimum atomic E-state index is -4.37. The minimum absolute atomic E-state index is 0.0168. The SMILES string of the molecule is N#Cc1ccnc(N2[C@H](C(=O)N(c3ccccc3F)[C@H](C(=O)NC3CC(F)(F)C3)c3ccccc3Cl)CNS2(=O)=O)c1. The molecule has 1 aliphatic heterocycles. The van der Waals surface area contributed by atoms with Gasteiger partial charge in [0.25, 0.3) is 11.8 Å². The molecule has 2 heterocycles. The number of nitriles is 1. The Morgan fingerprint density at radius 2 is 1.86 bits per heavy atom. The lowest BCUT2D eigenvalue weighted by Crippen LogP contribution is -2.56. The van der Waals surface area contributed by atoms with Gasteiger partial charge in [0.1, 0.15) is 23.7 Å². The molecule has 2 aliphatic rings. The molecular formula is C27H22ClF3N6O4S. The Balaban J connectivity index is 1.64. The van der Waals surface area contributed by atoms with Gasteiger partial charge in [-0.1, -0.05) is 41.9 Å². The summed E-state index contributed by atoms with van der Waals surface area (Å²) in [6.45, 7) is -0.490. The normalized spacial score (nSPS) is 19.8. The summed E-state index contributed by atoms with van der Waals surface area (Å²) in [6.07, 6.45) is -0.0610. The molecule has 0 unspecified atom stereocenters. The number of nitrogens with one attached hydrogen (secondary N) is 2. The van der Waals surface area contributed by atoms with Crippen molar-refractivity contribution in [3.8, 4) is 6.07 Å². The highest BCUT2D eigenvalue weighted by molar-refractivity contribution is 7.91. The number of hydrogen-bond donors (Lipinski definition) is 2. The van der Waals surface area contributed by atoms with Gasteiger partial charge in [0.15, 0.2) is 0 Å². The minimum Gasteiger partial charge on any atom is -0.351 e. The summed E-state index contributed by atoms with van der Waals surface area (Å²) in [4.78, 5) is 33.0. The molecule has 5 rings (SSSR count). The van der Waals surface area contributed by atoms with Gasteiger partial charge in [0.05, 0.1) is 17.3 Å². The van der Waals surface area contributed by atoms with Crippen molar-refractivity contribution in [3.63, 3.8) is 0 Å². The van der Waals surface area contributed by atoms with Crippen LogP contribution in [0.25, 0.3) is 0 Å². The van der Waals surface area contributed by atoms with E-state index in [-0.39, 0.29) is 27.7 Å². The highest BCUT2D eigenvalue weighted by atomic mass is 35.5. The second kappa shape index (κ2) is 11.2. The molecule has 2 N–H and O–H groups in total. The first-order valence-electron chi connectivity index (χ1n) is 12.6. The average Bonchev–Trinajstić information content (AvgIpc) is 3.26. The van der Waals surface area contributed by atoms with Crippen LogP contribution in [0.1, 0.15) is 30.0 Å². The van der Waals surface area contributed by atoms with E-state index in [1.807, 2.05) is 6.07 Å². The maximum absolute atomic E-state index is 15.4. The lowest BCUT2D eigenvalue weighted by atomic mass is 9.87. The molecule has 2 fully saturated rings. The predicted molar refractivity (Wildman–Crippen MR) is 146 cm³/mol. The quantitative estimate of drug-likeness (QED) is 0.416. The van der Waals surface area contributed by atoms with E-state index < -0.39 is 71.3 Å². The van der Waals surface area contributed by atoms with Crippen molar-refractivity contribution in [3.05, 3.63) is 88.8 Å². The van der Waals surface area contributed by atoms with Gasteiger partial charge in [0.2, 0.25) is 5.91 Å². The molecule has 1 saturated heterocycles. The number of hydrogen-bond acceptors (Lipinski definition) is 6. The second-order valence-electron chi connectivity index (χ2n) is 9.73. The van der Waals surface area contributed by atoms with E-state index in [1.165, 1.54) is 48.7 Å². The number of carbonyl (C=O) groups is 2. The van der Waals surface area contributed by atoms with E-state index in [0.29, 0.717) is 4.31 Å². The maximum atomic E-state index is 15.4. The Morgan fingerprint density at radius 1 is 1.17 bits per heavy atom. The van der Waals surface area contributed by atoms with Crippen molar-refractivity contribution < 1.29 is 31.2 Å². The van der Waals surface area contributed by atoms with Crippen molar-refractivity contribution in [1.82, 2.24) is 15.0 Å². The van der Waals surface area contributed by atoms with E-state index in [1.54, 1.807) is 6.07 Å². The predicted octanol–water partition coefficient (Wildman–Crippen LogP) is 3.46. The fourth-order valence-corrected chi connectivity index (χ4v) is 6.51. The number of benzene rings is 2. The number of carbonyl (C=O) groups excluding carboxylic acids is 2. The zero-order chi connectivity index (χ0) is 30.2. The van der Waals surface area contributed by atoms with E-state index in [4.69, 9.17) is 11.6 Å². The van der Waals surface area contributed by atoms with Crippen LogP contribution in [-0.2, 0) is 19.8 Å². The largest absolute Gasteiger partial charge is 0.351 e. The van der Waals surface area contributed by atoms with Gasteiger partial charge in [-0.25, -0.2) is 22.5 Å². The van der Waals surface area contributed by atoms with Gasteiger partial charge < -0.3 is 5.32 Å². The number of alkyl halides is 2. The fraction of sp³-hybridized carbons (Fsp3) is 0.259. The average molecular weight is 619 g/mol. The molecule has 2 atom stereocenters. The number of halogens is 4. The van der Waals surface area contributed by atoms with E-state index in [9.17, 15) is 32.0 Å². The van der Waals surface area contributed by atoms with Crippen molar-refractivity contribution >= 4 is 45.1 Å². The van der Waals surface area contributed by atoms with Gasteiger partial charge in [-0.05, 0) is 30.3 Å². The van der Waals surface area contributed by atoms with Crippen LogP contribution < -0.4 is 19.2 Å². The molecular weight excluding hydrogens is 597 g/mol. The highest BCUT2D eigenvalue weighted by Crippen LogP contribution is 2.39. The van der Waals surface area contributed by atoms with E-state index in [0.717, 1.165) is 17.0 Å². The monoisotopic (exact) mass is 618 g/mol. The first kappa shape index (κ1) is 29.3. The number of aromatic nitrogens is 1. The standard InChI is InChI=1S/C27H22ClF3N6O4S/c28-19-6-2-1-5-18(19)24(25(38)35-17-12-27(30,31)13-17)36(21-8-4-3-7-20(21)29)26(39)22-15-34-42(40,41)37(22)23-11-16(14-32)9-10-33-23/h1-11,17,22,24,34H,12-13,15H2,(H,35,38)/t22-,24-/m0/s1. The van der Waals surface area contributed by atoms with Gasteiger partial charge in [-0.2, -0.15) is 18.4 Å². The smallest absolute Gasteiger partial charge is 0.303 e. The van der Waals surface area contributed by atoms with Crippen LogP contribution in [0.5, 0.6) is 0 Å². The Hall–Kier alpha value is -4.19. The molecule has 1 saturated carbocycles. The fourth-order valence-electron chi connectivity index (χ4n) is 4.91. The van der Waals surface area contributed by atoms with E-state index in [2.05, 4.69) is 15.0 Å². The first-order chi connectivity index (χ1) is 19.9. The maximum Gasteiger partial charge on any atom is 0.303 e. The lowest BCUT2D eigenvalue weighted by molar-refractivity contribution is -0.133. The third kappa shape index (κ3) is 5.63. The summed E-state index contributed by atoms with van der Waals surface area (Å²) in [6, 6.07) is 11.1. The summed E-state index contributed by atoms with van der Waals surface area (Å²) in [5, 5.41) is 11.8. The number of anilines is 2. The Morgan fingerprint density at radius 3 is 2.52 bits per heavy atom. The molecule has 15 heteroatoms. The van der Waals surface area contributed by atoms with Crippen molar-refractivity contribution in [2.75, 3.05) is 15.7 Å². The third-order valence-electron chi connectivity index (χ3n) is 6.88. The summed E-state index contributed by atoms with van der Waals surface area (Å²) in [5.74, 6) is -6.12. The molecule has 3 aromatic rings.